The van der Waals surface area contributed by atoms with Crippen LogP contribution in [0.3, 0.4) is 0 Å². The predicted octanol–water partition coefficient (Wildman–Crippen LogP) is 1.61. The fraction of sp³-hybridized carbons (Fsp3) is 0.571. The average Bonchev–Trinajstić information content (AvgIpc) is 2.34. The van der Waals surface area contributed by atoms with E-state index in [-0.39, 0.29) is 11.3 Å². The second kappa shape index (κ2) is 5.57. The largest absolute Gasteiger partial charge is 0.363 e. The second-order valence-corrected chi connectivity index (χ2v) is 5.58. The first-order chi connectivity index (χ1) is 9.04. The van der Waals surface area contributed by atoms with Gasteiger partial charge in [-0.1, -0.05) is 6.42 Å². The number of nitrogens with zero attached hydrogens (tertiary/aromatic N) is 2. The molecule has 1 aliphatic carbocycles. The van der Waals surface area contributed by atoms with Crippen LogP contribution in [-0.2, 0) is 4.79 Å². The van der Waals surface area contributed by atoms with Crippen molar-refractivity contribution in [2.75, 3.05) is 30.9 Å². The molecule has 2 rings (SSSR count). The molecule has 0 aliphatic heterocycles. The van der Waals surface area contributed by atoms with Crippen LogP contribution in [0, 0.1) is 5.41 Å². The standard InChI is InChI=1S/C14H22N4O/c1-18(2)12-5-4-11(9-16-12)17-13(19)8-14(10-15)6-3-7-14/h4-5,9H,3,6-8,10,15H2,1-2H3,(H,17,19). The van der Waals surface area contributed by atoms with E-state index in [1.54, 1.807) is 6.20 Å². The Morgan fingerprint density at radius 2 is 2.21 bits per heavy atom. The van der Waals surface area contributed by atoms with Crippen LogP contribution in [0.5, 0.6) is 0 Å². The van der Waals surface area contributed by atoms with E-state index in [0.29, 0.717) is 13.0 Å². The van der Waals surface area contributed by atoms with Gasteiger partial charge in [0.05, 0.1) is 11.9 Å². The maximum atomic E-state index is 12.0. The van der Waals surface area contributed by atoms with Gasteiger partial charge in [-0.05, 0) is 36.9 Å². The smallest absolute Gasteiger partial charge is 0.225 e. The van der Waals surface area contributed by atoms with Gasteiger partial charge in [0, 0.05) is 20.5 Å². The molecule has 1 aromatic heterocycles. The van der Waals surface area contributed by atoms with Crippen molar-refractivity contribution in [3.8, 4) is 0 Å². The maximum Gasteiger partial charge on any atom is 0.225 e. The zero-order chi connectivity index (χ0) is 13.9. The number of rotatable bonds is 5. The van der Waals surface area contributed by atoms with Crippen LogP contribution < -0.4 is 16.0 Å². The Kier molecular flexibility index (Phi) is 4.04. The first-order valence-corrected chi connectivity index (χ1v) is 6.68. The molecule has 0 unspecified atom stereocenters. The lowest BCUT2D eigenvalue weighted by atomic mass is 9.66. The topological polar surface area (TPSA) is 71.2 Å². The molecule has 3 N–H and O–H groups in total. The van der Waals surface area contributed by atoms with E-state index in [0.717, 1.165) is 24.3 Å². The Hall–Kier alpha value is -1.62. The van der Waals surface area contributed by atoms with Crippen LogP contribution in [0.25, 0.3) is 0 Å². The van der Waals surface area contributed by atoms with Gasteiger partial charge in [-0.25, -0.2) is 4.98 Å². The van der Waals surface area contributed by atoms with Crippen LogP contribution >= 0.6 is 0 Å². The van der Waals surface area contributed by atoms with Gasteiger partial charge in [0.15, 0.2) is 0 Å². The van der Waals surface area contributed by atoms with Gasteiger partial charge < -0.3 is 16.0 Å². The third-order valence-corrected chi connectivity index (χ3v) is 3.87. The van der Waals surface area contributed by atoms with Crippen LogP contribution in [0.2, 0.25) is 0 Å². The quantitative estimate of drug-likeness (QED) is 0.845. The van der Waals surface area contributed by atoms with Crippen molar-refractivity contribution in [2.45, 2.75) is 25.7 Å². The number of anilines is 2. The van der Waals surface area contributed by atoms with Crippen LogP contribution in [0.1, 0.15) is 25.7 Å². The van der Waals surface area contributed by atoms with Crippen LogP contribution in [0.15, 0.2) is 18.3 Å². The highest BCUT2D eigenvalue weighted by Crippen LogP contribution is 2.43. The third-order valence-electron chi connectivity index (χ3n) is 3.87. The van der Waals surface area contributed by atoms with Crippen LogP contribution in [0.4, 0.5) is 11.5 Å². The van der Waals surface area contributed by atoms with Gasteiger partial charge in [-0.2, -0.15) is 0 Å². The number of hydrogen-bond acceptors (Lipinski definition) is 4. The van der Waals surface area contributed by atoms with E-state index in [2.05, 4.69) is 10.3 Å². The third kappa shape index (κ3) is 3.23. The van der Waals surface area contributed by atoms with E-state index in [9.17, 15) is 4.79 Å². The monoisotopic (exact) mass is 262 g/mol. The lowest BCUT2D eigenvalue weighted by Crippen LogP contribution is -2.40. The summed E-state index contributed by atoms with van der Waals surface area (Å²) in [5, 5.41) is 2.89. The summed E-state index contributed by atoms with van der Waals surface area (Å²) in [5.41, 5.74) is 6.55. The lowest BCUT2D eigenvalue weighted by molar-refractivity contribution is -0.119. The molecule has 1 fully saturated rings. The number of pyridine rings is 1. The Bertz CT molecular complexity index is 432. The highest BCUT2D eigenvalue weighted by atomic mass is 16.1. The molecule has 0 radical (unpaired) electrons. The van der Waals surface area contributed by atoms with Crippen molar-refractivity contribution in [3.63, 3.8) is 0 Å². The van der Waals surface area contributed by atoms with E-state index in [4.69, 9.17) is 5.73 Å². The summed E-state index contributed by atoms with van der Waals surface area (Å²) in [7, 11) is 3.87. The zero-order valence-corrected chi connectivity index (χ0v) is 11.6. The molecule has 19 heavy (non-hydrogen) atoms. The molecule has 1 aromatic rings. The summed E-state index contributed by atoms with van der Waals surface area (Å²) >= 11 is 0. The Morgan fingerprint density at radius 1 is 1.47 bits per heavy atom. The number of nitrogens with two attached hydrogens (primary N) is 1. The molecule has 0 bridgehead atoms. The van der Waals surface area contributed by atoms with Gasteiger partial charge in [0.25, 0.3) is 0 Å². The Morgan fingerprint density at radius 3 is 2.63 bits per heavy atom. The van der Waals surface area contributed by atoms with Crippen molar-refractivity contribution in [3.05, 3.63) is 18.3 Å². The first kappa shape index (κ1) is 13.8. The van der Waals surface area contributed by atoms with E-state index in [1.807, 2.05) is 31.1 Å². The molecule has 0 atom stereocenters. The molecule has 1 amide bonds. The van der Waals surface area contributed by atoms with Gasteiger partial charge in [-0.15, -0.1) is 0 Å². The number of hydrogen-bond donors (Lipinski definition) is 2. The Labute approximate surface area is 114 Å². The maximum absolute atomic E-state index is 12.0. The average molecular weight is 262 g/mol. The normalized spacial score (nSPS) is 16.6. The predicted molar refractivity (Wildman–Crippen MR) is 77.1 cm³/mol. The number of amides is 1. The first-order valence-electron chi connectivity index (χ1n) is 6.68. The molecule has 104 valence electrons. The van der Waals surface area contributed by atoms with E-state index < -0.39 is 0 Å². The number of carbonyl (C=O) groups is 1. The second-order valence-electron chi connectivity index (χ2n) is 5.58. The summed E-state index contributed by atoms with van der Waals surface area (Å²) in [6, 6.07) is 3.76. The summed E-state index contributed by atoms with van der Waals surface area (Å²) in [4.78, 5) is 18.2. The molecule has 5 heteroatoms. The summed E-state index contributed by atoms with van der Waals surface area (Å²) in [6.07, 6.45) is 5.51. The van der Waals surface area contributed by atoms with E-state index in [1.165, 1.54) is 6.42 Å². The van der Waals surface area contributed by atoms with Gasteiger partial charge in [-0.3, -0.25) is 4.79 Å². The summed E-state index contributed by atoms with van der Waals surface area (Å²) in [6.45, 7) is 0.595. The molecule has 1 heterocycles. The van der Waals surface area contributed by atoms with Crippen molar-refractivity contribution in [1.82, 2.24) is 4.98 Å². The minimum absolute atomic E-state index is 0.0320. The molecule has 1 aliphatic rings. The molecule has 0 spiro atoms. The van der Waals surface area contributed by atoms with Crippen molar-refractivity contribution >= 4 is 17.4 Å². The number of carbonyl (C=O) groups excluding carboxylic acids is 1. The fourth-order valence-corrected chi connectivity index (χ4v) is 2.40. The van der Waals surface area contributed by atoms with Gasteiger partial charge in [0.2, 0.25) is 5.91 Å². The number of aromatic nitrogens is 1. The summed E-state index contributed by atoms with van der Waals surface area (Å²) in [5.74, 6) is 0.903. The number of nitrogens with one attached hydrogen (secondary N) is 1. The summed E-state index contributed by atoms with van der Waals surface area (Å²) < 4.78 is 0. The van der Waals surface area contributed by atoms with Crippen LogP contribution in [-0.4, -0.2) is 31.5 Å². The molecule has 1 saturated carbocycles. The lowest BCUT2D eigenvalue weighted by Gasteiger charge is -2.40. The van der Waals surface area contributed by atoms with Crippen molar-refractivity contribution in [1.29, 1.82) is 0 Å². The molecular weight excluding hydrogens is 240 g/mol. The van der Waals surface area contributed by atoms with E-state index >= 15 is 0 Å². The molecule has 0 aromatic carbocycles. The zero-order valence-electron chi connectivity index (χ0n) is 11.6. The highest BCUT2D eigenvalue weighted by Gasteiger charge is 2.37. The van der Waals surface area contributed by atoms with Crippen molar-refractivity contribution in [2.24, 2.45) is 11.1 Å². The van der Waals surface area contributed by atoms with Gasteiger partial charge >= 0.3 is 0 Å². The molecular formula is C14H22N4O. The highest BCUT2D eigenvalue weighted by molar-refractivity contribution is 5.91. The molecule has 5 nitrogen and oxygen atoms in total. The fourth-order valence-electron chi connectivity index (χ4n) is 2.40. The van der Waals surface area contributed by atoms with Crippen molar-refractivity contribution < 1.29 is 4.79 Å². The minimum atomic E-state index is 0.0320. The van der Waals surface area contributed by atoms with Gasteiger partial charge in [0.1, 0.15) is 5.82 Å². The SMILES string of the molecule is CN(C)c1ccc(NC(=O)CC2(CN)CCC2)cn1. The molecule has 0 saturated heterocycles. The Balaban J connectivity index is 1.91. The minimum Gasteiger partial charge on any atom is -0.363 e.